The predicted octanol–water partition coefficient (Wildman–Crippen LogP) is 3.21. The molecule has 0 bridgehead atoms. The largest absolute Gasteiger partial charge is 0.383 e. The van der Waals surface area contributed by atoms with Crippen LogP contribution in [0.2, 0.25) is 0 Å². The van der Waals surface area contributed by atoms with Gasteiger partial charge in [0.05, 0.1) is 0 Å². The van der Waals surface area contributed by atoms with E-state index >= 15 is 0 Å². The van der Waals surface area contributed by atoms with Crippen molar-refractivity contribution in [1.82, 2.24) is 4.98 Å². The van der Waals surface area contributed by atoms with Crippen molar-refractivity contribution in [2.45, 2.75) is 12.8 Å². The van der Waals surface area contributed by atoms with Gasteiger partial charge in [0.15, 0.2) is 0 Å². The molecule has 0 fully saturated rings. The van der Waals surface area contributed by atoms with Crippen LogP contribution in [-0.2, 0) is 12.8 Å². The third-order valence-electron chi connectivity index (χ3n) is 2.49. The lowest BCUT2D eigenvalue weighted by molar-refractivity contribution is 0.953. The molecule has 1 aromatic heterocycles. The minimum absolute atomic E-state index is 0.624. The second-order valence-corrected chi connectivity index (χ2v) is 4.60. The quantitative estimate of drug-likeness (QED) is 0.935. The Morgan fingerprint density at radius 2 is 1.88 bits per heavy atom. The topological polar surface area (TPSA) is 38.9 Å². The predicted molar refractivity (Wildman–Crippen MR) is 70.2 cm³/mol. The maximum atomic E-state index is 5.82. The van der Waals surface area contributed by atoms with Crippen LogP contribution >= 0.6 is 15.9 Å². The molecule has 0 amide bonds. The smallest absolute Gasteiger partial charge is 0.126 e. The molecule has 0 radical (unpaired) electrons. The van der Waals surface area contributed by atoms with Crippen molar-refractivity contribution in [1.29, 1.82) is 0 Å². The van der Waals surface area contributed by atoms with Gasteiger partial charge in [0, 0.05) is 10.7 Å². The van der Waals surface area contributed by atoms with Crippen molar-refractivity contribution < 1.29 is 0 Å². The Kier molecular flexibility index (Phi) is 3.57. The van der Waals surface area contributed by atoms with Crippen LogP contribution in [0, 0.1) is 0 Å². The first-order valence-corrected chi connectivity index (χ1v) is 5.99. The molecule has 1 aromatic carbocycles. The summed E-state index contributed by atoms with van der Waals surface area (Å²) in [7, 11) is 0. The van der Waals surface area contributed by atoms with Gasteiger partial charge < -0.3 is 5.73 Å². The van der Waals surface area contributed by atoms with Gasteiger partial charge in [-0.15, -0.1) is 0 Å². The second kappa shape index (κ2) is 5.12. The molecular formula is C13H13BrN2. The number of anilines is 1. The number of pyridine rings is 1. The van der Waals surface area contributed by atoms with Crippen LogP contribution < -0.4 is 5.73 Å². The summed E-state index contributed by atoms with van der Waals surface area (Å²) >= 11 is 3.40. The summed E-state index contributed by atoms with van der Waals surface area (Å²) in [5.41, 5.74) is 8.24. The first kappa shape index (κ1) is 11.1. The van der Waals surface area contributed by atoms with E-state index in [2.05, 4.69) is 45.2 Å². The van der Waals surface area contributed by atoms with Crippen LogP contribution in [0.5, 0.6) is 0 Å². The van der Waals surface area contributed by atoms with Crippen LogP contribution in [0.25, 0.3) is 0 Å². The first-order valence-electron chi connectivity index (χ1n) is 5.19. The number of hydrogen-bond acceptors (Lipinski definition) is 2. The molecule has 0 aliphatic rings. The maximum Gasteiger partial charge on any atom is 0.126 e. The fraction of sp³-hybridized carbons (Fsp3) is 0.154. The third kappa shape index (κ3) is 2.83. The molecule has 0 atom stereocenters. The number of nitrogen functional groups attached to an aromatic ring is 1. The molecule has 2 N–H and O–H groups in total. The van der Waals surface area contributed by atoms with Gasteiger partial charge in [-0.3, -0.25) is 0 Å². The maximum absolute atomic E-state index is 5.82. The van der Waals surface area contributed by atoms with E-state index in [1.54, 1.807) is 6.20 Å². The number of halogens is 1. The van der Waals surface area contributed by atoms with Crippen molar-refractivity contribution in [3.63, 3.8) is 0 Å². The van der Waals surface area contributed by atoms with Gasteiger partial charge in [0.2, 0.25) is 0 Å². The summed E-state index contributed by atoms with van der Waals surface area (Å²) < 4.78 is 0.977. The minimum atomic E-state index is 0.624. The normalized spacial score (nSPS) is 10.3. The Hall–Kier alpha value is -1.35. The van der Waals surface area contributed by atoms with Gasteiger partial charge >= 0.3 is 0 Å². The number of nitrogens with two attached hydrogens (primary N) is 1. The van der Waals surface area contributed by atoms with E-state index in [0.717, 1.165) is 22.9 Å². The molecular weight excluding hydrogens is 264 g/mol. The summed E-state index contributed by atoms with van der Waals surface area (Å²) in [4.78, 5) is 4.12. The van der Waals surface area contributed by atoms with Crippen LogP contribution in [-0.4, -0.2) is 4.98 Å². The number of aromatic nitrogens is 1. The summed E-state index contributed by atoms with van der Waals surface area (Å²) in [5, 5.41) is 0. The summed E-state index contributed by atoms with van der Waals surface area (Å²) in [5.74, 6) is 0.624. The SMILES string of the molecule is Nc1ncc(Br)cc1CCc1ccccc1. The molecule has 0 saturated heterocycles. The fourth-order valence-corrected chi connectivity index (χ4v) is 1.99. The molecule has 16 heavy (non-hydrogen) atoms. The molecule has 1 heterocycles. The average Bonchev–Trinajstić information content (AvgIpc) is 2.32. The van der Waals surface area contributed by atoms with Gasteiger partial charge in [-0.25, -0.2) is 4.98 Å². The molecule has 2 nitrogen and oxygen atoms in total. The van der Waals surface area contributed by atoms with Crippen LogP contribution in [0.3, 0.4) is 0 Å². The molecule has 0 saturated carbocycles. The zero-order valence-corrected chi connectivity index (χ0v) is 10.4. The van der Waals surface area contributed by atoms with E-state index in [-0.39, 0.29) is 0 Å². The van der Waals surface area contributed by atoms with Crippen molar-refractivity contribution in [2.24, 2.45) is 0 Å². The van der Waals surface area contributed by atoms with Crippen LogP contribution in [0.4, 0.5) is 5.82 Å². The molecule has 2 aromatic rings. The molecule has 82 valence electrons. The molecule has 0 unspecified atom stereocenters. The second-order valence-electron chi connectivity index (χ2n) is 3.68. The van der Waals surface area contributed by atoms with E-state index in [1.165, 1.54) is 5.56 Å². The zero-order chi connectivity index (χ0) is 11.4. The molecule has 2 rings (SSSR count). The van der Waals surface area contributed by atoms with Gasteiger partial charge in [-0.2, -0.15) is 0 Å². The lowest BCUT2D eigenvalue weighted by Crippen LogP contribution is -1.99. The Bertz CT molecular complexity index is 469. The lowest BCUT2D eigenvalue weighted by Gasteiger charge is -2.05. The average molecular weight is 277 g/mol. The molecule has 0 spiro atoms. The third-order valence-corrected chi connectivity index (χ3v) is 2.93. The summed E-state index contributed by atoms with van der Waals surface area (Å²) in [6, 6.07) is 12.4. The number of nitrogens with zero attached hydrogens (tertiary/aromatic N) is 1. The standard InChI is InChI=1S/C13H13BrN2/c14-12-8-11(13(15)16-9-12)7-6-10-4-2-1-3-5-10/h1-5,8-9H,6-7H2,(H2,15,16). The monoisotopic (exact) mass is 276 g/mol. The van der Waals surface area contributed by atoms with E-state index in [9.17, 15) is 0 Å². The van der Waals surface area contributed by atoms with Gasteiger partial charge in [0.25, 0.3) is 0 Å². The number of hydrogen-bond donors (Lipinski definition) is 1. The van der Waals surface area contributed by atoms with E-state index in [4.69, 9.17) is 5.73 Å². The highest BCUT2D eigenvalue weighted by Crippen LogP contribution is 2.17. The molecule has 0 aliphatic heterocycles. The van der Waals surface area contributed by atoms with Crippen molar-refractivity contribution in [3.8, 4) is 0 Å². The van der Waals surface area contributed by atoms with Crippen LogP contribution in [0.1, 0.15) is 11.1 Å². The number of rotatable bonds is 3. The lowest BCUT2D eigenvalue weighted by atomic mass is 10.1. The van der Waals surface area contributed by atoms with E-state index in [1.807, 2.05) is 12.1 Å². The summed E-state index contributed by atoms with van der Waals surface area (Å²) in [6.07, 6.45) is 3.63. The summed E-state index contributed by atoms with van der Waals surface area (Å²) in [6.45, 7) is 0. The fourth-order valence-electron chi connectivity index (χ4n) is 1.62. The van der Waals surface area contributed by atoms with Gasteiger partial charge in [-0.1, -0.05) is 30.3 Å². The Labute approximate surface area is 104 Å². The Morgan fingerprint density at radius 1 is 1.12 bits per heavy atom. The highest BCUT2D eigenvalue weighted by Gasteiger charge is 2.02. The van der Waals surface area contributed by atoms with Crippen molar-refractivity contribution >= 4 is 21.7 Å². The minimum Gasteiger partial charge on any atom is -0.383 e. The molecule has 3 heteroatoms. The number of aryl methyl sites for hydroxylation is 2. The highest BCUT2D eigenvalue weighted by atomic mass is 79.9. The van der Waals surface area contributed by atoms with Crippen molar-refractivity contribution in [2.75, 3.05) is 5.73 Å². The number of benzene rings is 1. The molecule has 0 aliphatic carbocycles. The van der Waals surface area contributed by atoms with Crippen LogP contribution in [0.15, 0.2) is 47.1 Å². The van der Waals surface area contributed by atoms with Gasteiger partial charge in [0.1, 0.15) is 5.82 Å². The first-order chi connectivity index (χ1) is 7.75. The van der Waals surface area contributed by atoms with Crippen molar-refractivity contribution in [3.05, 3.63) is 58.2 Å². The Balaban J connectivity index is 2.08. The Morgan fingerprint density at radius 3 is 2.62 bits per heavy atom. The van der Waals surface area contributed by atoms with E-state index < -0.39 is 0 Å². The zero-order valence-electron chi connectivity index (χ0n) is 8.86. The highest BCUT2D eigenvalue weighted by molar-refractivity contribution is 9.10. The van der Waals surface area contributed by atoms with E-state index in [0.29, 0.717) is 5.82 Å². The van der Waals surface area contributed by atoms with Gasteiger partial charge in [-0.05, 0) is 46.0 Å².